The van der Waals surface area contributed by atoms with Gasteiger partial charge in [0.15, 0.2) is 0 Å². The molecule has 1 fully saturated rings. The summed E-state index contributed by atoms with van der Waals surface area (Å²) in [7, 11) is 0. The second kappa shape index (κ2) is 10.4. The maximum absolute atomic E-state index is 10.6. The number of likely N-dealkylation sites (tertiary alicyclic amines) is 1. The summed E-state index contributed by atoms with van der Waals surface area (Å²) in [4.78, 5) is 5.10. The zero-order valence-electron chi connectivity index (χ0n) is 19.4. The maximum Gasteiger partial charge on any atom is 0.0852 e. The van der Waals surface area contributed by atoms with Gasteiger partial charge in [-0.15, -0.1) is 0 Å². The largest absolute Gasteiger partial charge is 0.303 e. The van der Waals surface area contributed by atoms with Crippen LogP contribution in [0.15, 0.2) is 42.5 Å². The van der Waals surface area contributed by atoms with E-state index < -0.39 is 5.41 Å². The molecule has 0 aromatic heterocycles. The monoisotopic (exact) mass is 405 g/mol. The molecular formula is C27H39N3. The number of benzene rings is 2. The normalized spacial score (nSPS) is 17.5. The molecule has 0 aliphatic carbocycles. The fourth-order valence-electron chi connectivity index (χ4n) is 5.17. The third-order valence-electron chi connectivity index (χ3n) is 6.95. The zero-order valence-corrected chi connectivity index (χ0v) is 19.4. The number of hydrogen-bond donors (Lipinski definition) is 0. The standard InChI is InChI=1S/C27H39N3/c1-22(2)30(23(3)4)20-16-27(21-28,15-19-29-17-8-5-9-18-29)26-14-10-12-24-11-6-7-13-25(24)26/h6-7,10-14,22-23H,5,8-9,15-20H2,1-4H3. The smallest absolute Gasteiger partial charge is 0.0852 e. The molecule has 162 valence electrons. The van der Waals surface area contributed by atoms with Gasteiger partial charge in [0.2, 0.25) is 0 Å². The molecule has 0 bridgehead atoms. The molecule has 3 nitrogen and oxygen atoms in total. The summed E-state index contributed by atoms with van der Waals surface area (Å²) < 4.78 is 0. The molecule has 0 saturated carbocycles. The van der Waals surface area contributed by atoms with Gasteiger partial charge in [0.1, 0.15) is 0 Å². The van der Waals surface area contributed by atoms with Crippen LogP contribution in [0.1, 0.15) is 65.4 Å². The van der Waals surface area contributed by atoms with Gasteiger partial charge < -0.3 is 4.90 Å². The van der Waals surface area contributed by atoms with Gasteiger partial charge in [-0.05, 0) is 89.3 Å². The first kappa shape index (κ1) is 22.8. The van der Waals surface area contributed by atoms with Crippen molar-refractivity contribution in [2.75, 3.05) is 26.2 Å². The third-order valence-corrected chi connectivity index (χ3v) is 6.95. The number of piperidine rings is 1. The van der Waals surface area contributed by atoms with Crippen LogP contribution in [0.3, 0.4) is 0 Å². The minimum absolute atomic E-state index is 0.458. The molecule has 1 aliphatic rings. The van der Waals surface area contributed by atoms with E-state index in [2.05, 4.69) is 86.0 Å². The molecule has 30 heavy (non-hydrogen) atoms. The number of rotatable bonds is 9. The molecule has 1 aliphatic heterocycles. The Balaban J connectivity index is 1.94. The maximum atomic E-state index is 10.6. The molecule has 0 N–H and O–H groups in total. The Kier molecular flexibility index (Phi) is 7.92. The van der Waals surface area contributed by atoms with E-state index in [0.29, 0.717) is 12.1 Å². The number of hydrogen-bond acceptors (Lipinski definition) is 3. The second-order valence-electron chi connectivity index (χ2n) is 9.55. The van der Waals surface area contributed by atoms with Crippen molar-refractivity contribution in [3.8, 4) is 6.07 Å². The quantitative estimate of drug-likeness (QED) is 0.513. The molecule has 0 spiro atoms. The van der Waals surface area contributed by atoms with Crippen LogP contribution in [0.25, 0.3) is 10.8 Å². The molecule has 3 heteroatoms. The Morgan fingerprint density at radius 3 is 2.27 bits per heavy atom. The highest BCUT2D eigenvalue weighted by Crippen LogP contribution is 2.37. The van der Waals surface area contributed by atoms with Gasteiger partial charge in [-0.2, -0.15) is 5.26 Å². The highest BCUT2D eigenvalue weighted by Gasteiger charge is 2.35. The Labute approximate surface area is 183 Å². The van der Waals surface area contributed by atoms with Crippen LogP contribution in [-0.4, -0.2) is 48.1 Å². The number of nitrogens with zero attached hydrogens (tertiary/aromatic N) is 3. The van der Waals surface area contributed by atoms with Crippen molar-refractivity contribution < 1.29 is 0 Å². The molecule has 0 radical (unpaired) electrons. The van der Waals surface area contributed by atoms with Gasteiger partial charge in [-0.25, -0.2) is 0 Å². The van der Waals surface area contributed by atoms with Crippen LogP contribution in [-0.2, 0) is 5.41 Å². The summed E-state index contributed by atoms with van der Waals surface area (Å²) in [5.74, 6) is 0. The van der Waals surface area contributed by atoms with E-state index in [1.807, 2.05) is 0 Å². The Hall–Kier alpha value is -1.89. The molecule has 2 aromatic carbocycles. The number of fused-ring (bicyclic) bond motifs is 1. The average molecular weight is 406 g/mol. The fourth-order valence-corrected chi connectivity index (χ4v) is 5.17. The summed E-state index contributed by atoms with van der Waals surface area (Å²) in [5, 5.41) is 13.1. The van der Waals surface area contributed by atoms with Gasteiger partial charge >= 0.3 is 0 Å². The zero-order chi connectivity index (χ0) is 21.6. The van der Waals surface area contributed by atoms with Crippen LogP contribution in [0.2, 0.25) is 0 Å². The Morgan fingerprint density at radius 2 is 1.60 bits per heavy atom. The van der Waals surface area contributed by atoms with Crippen molar-refractivity contribution in [2.45, 2.75) is 77.3 Å². The van der Waals surface area contributed by atoms with Gasteiger partial charge in [0, 0.05) is 18.6 Å². The third kappa shape index (κ3) is 5.23. The van der Waals surface area contributed by atoms with Crippen molar-refractivity contribution in [1.29, 1.82) is 5.26 Å². The molecule has 1 saturated heterocycles. The lowest BCUT2D eigenvalue weighted by molar-refractivity contribution is 0.155. The summed E-state index contributed by atoms with van der Waals surface area (Å²) >= 11 is 0. The van der Waals surface area contributed by atoms with Crippen molar-refractivity contribution in [1.82, 2.24) is 9.80 Å². The lowest BCUT2D eigenvalue weighted by Crippen LogP contribution is -2.42. The predicted molar refractivity (Wildman–Crippen MR) is 128 cm³/mol. The van der Waals surface area contributed by atoms with Gasteiger partial charge in [-0.1, -0.05) is 48.9 Å². The van der Waals surface area contributed by atoms with E-state index in [1.54, 1.807) is 0 Å². The topological polar surface area (TPSA) is 30.3 Å². The highest BCUT2D eigenvalue weighted by molar-refractivity contribution is 5.87. The van der Waals surface area contributed by atoms with Crippen LogP contribution >= 0.6 is 0 Å². The predicted octanol–water partition coefficient (Wildman–Crippen LogP) is 5.99. The van der Waals surface area contributed by atoms with Gasteiger partial charge in [-0.3, -0.25) is 4.90 Å². The molecule has 3 rings (SSSR count). The van der Waals surface area contributed by atoms with Gasteiger partial charge in [0.05, 0.1) is 11.5 Å². The van der Waals surface area contributed by atoms with E-state index >= 15 is 0 Å². The summed E-state index contributed by atoms with van der Waals surface area (Å²) in [6, 6.07) is 18.9. The summed E-state index contributed by atoms with van der Waals surface area (Å²) in [6.07, 6.45) is 5.72. The second-order valence-corrected chi connectivity index (χ2v) is 9.55. The average Bonchev–Trinajstić information content (AvgIpc) is 2.76. The van der Waals surface area contributed by atoms with E-state index in [-0.39, 0.29) is 0 Å². The minimum atomic E-state index is -0.458. The minimum Gasteiger partial charge on any atom is -0.303 e. The Morgan fingerprint density at radius 1 is 0.933 bits per heavy atom. The number of nitriles is 1. The van der Waals surface area contributed by atoms with Crippen molar-refractivity contribution >= 4 is 10.8 Å². The molecule has 0 amide bonds. The lowest BCUT2D eigenvalue weighted by Gasteiger charge is -2.37. The SMILES string of the molecule is CC(C)N(CCC(C#N)(CCN1CCCCC1)c1cccc2ccccc12)C(C)C. The molecule has 1 heterocycles. The lowest BCUT2D eigenvalue weighted by atomic mass is 9.73. The molecular weight excluding hydrogens is 366 g/mol. The van der Waals surface area contributed by atoms with Crippen LogP contribution in [0, 0.1) is 11.3 Å². The van der Waals surface area contributed by atoms with E-state index in [4.69, 9.17) is 0 Å². The van der Waals surface area contributed by atoms with Crippen LogP contribution < -0.4 is 0 Å². The molecule has 1 atom stereocenters. The van der Waals surface area contributed by atoms with E-state index in [0.717, 1.165) is 25.9 Å². The van der Waals surface area contributed by atoms with Crippen LogP contribution in [0.5, 0.6) is 0 Å². The molecule has 2 aromatic rings. The first-order chi connectivity index (χ1) is 14.5. The molecule has 1 unspecified atom stereocenters. The summed E-state index contributed by atoms with van der Waals surface area (Å²) in [5.41, 5.74) is 0.757. The van der Waals surface area contributed by atoms with E-state index in [9.17, 15) is 5.26 Å². The summed E-state index contributed by atoms with van der Waals surface area (Å²) in [6.45, 7) is 13.4. The van der Waals surface area contributed by atoms with Crippen LogP contribution in [0.4, 0.5) is 0 Å². The first-order valence-electron chi connectivity index (χ1n) is 11.8. The fraction of sp³-hybridized carbons (Fsp3) is 0.593. The van der Waals surface area contributed by atoms with Gasteiger partial charge in [0.25, 0.3) is 0 Å². The van der Waals surface area contributed by atoms with Crippen molar-refractivity contribution in [3.63, 3.8) is 0 Å². The Bertz CT molecular complexity index is 831. The van der Waals surface area contributed by atoms with E-state index in [1.165, 1.54) is 48.7 Å². The first-order valence-corrected chi connectivity index (χ1v) is 11.8. The van der Waals surface area contributed by atoms with Crippen molar-refractivity contribution in [2.24, 2.45) is 0 Å². The van der Waals surface area contributed by atoms with Crippen molar-refractivity contribution in [3.05, 3.63) is 48.0 Å². The highest BCUT2D eigenvalue weighted by atomic mass is 15.2.